The van der Waals surface area contributed by atoms with Gasteiger partial charge in [-0.1, -0.05) is 24.3 Å². The summed E-state index contributed by atoms with van der Waals surface area (Å²) >= 11 is 1.65. The van der Waals surface area contributed by atoms with E-state index in [2.05, 4.69) is 41.2 Å². The second kappa shape index (κ2) is 5.07. The number of aryl methyl sites for hydroxylation is 2. The third-order valence-electron chi connectivity index (χ3n) is 3.73. The maximum absolute atomic E-state index is 5.64. The lowest BCUT2D eigenvalue weighted by Crippen LogP contribution is -1.87. The van der Waals surface area contributed by atoms with Crippen LogP contribution < -0.4 is 0 Å². The lowest BCUT2D eigenvalue weighted by atomic mass is 9.98. The van der Waals surface area contributed by atoms with Gasteiger partial charge in [0.15, 0.2) is 0 Å². The zero-order valence-corrected chi connectivity index (χ0v) is 13.1. The second-order valence-electron chi connectivity index (χ2n) is 5.23. The third kappa shape index (κ3) is 2.04. The fraction of sp³-hybridized carbons (Fsp3) is 0.111. The summed E-state index contributed by atoms with van der Waals surface area (Å²) in [6.07, 6.45) is 3.63. The van der Waals surface area contributed by atoms with Crippen molar-refractivity contribution in [1.29, 1.82) is 0 Å². The molecule has 0 fully saturated rings. The van der Waals surface area contributed by atoms with Crippen LogP contribution >= 0.6 is 11.3 Å². The van der Waals surface area contributed by atoms with Crippen molar-refractivity contribution in [2.45, 2.75) is 13.8 Å². The minimum Gasteiger partial charge on any atom is -0.463 e. The van der Waals surface area contributed by atoms with Gasteiger partial charge in [-0.25, -0.2) is 9.97 Å². The van der Waals surface area contributed by atoms with Crippen LogP contribution in [0.5, 0.6) is 0 Å². The Kier molecular flexibility index (Phi) is 3.05. The van der Waals surface area contributed by atoms with Gasteiger partial charge in [-0.3, -0.25) is 0 Å². The Bertz CT molecular complexity index is 955. The molecule has 0 atom stereocenters. The first-order chi connectivity index (χ1) is 10.7. The number of hydrogen-bond donors (Lipinski definition) is 0. The van der Waals surface area contributed by atoms with Crippen molar-refractivity contribution in [3.05, 3.63) is 60.2 Å². The van der Waals surface area contributed by atoms with E-state index in [9.17, 15) is 0 Å². The summed E-state index contributed by atoms with van der Waals surface area (Å²) < 4.78 is 5.64. The molecule has 4 rings (SSSR count). The fourth-order valence-corrected chi connectivity index (χ4v) is 3.85. The molecule has 3 nitrogen and oxygen atoms in total. The number of nitrogens with zero attached hydrogens (tertiary/aromatic N) is 2. The van der Waals surface area contributed by atoms with Crippen LogP contribution in [0.4, 0.5) is 0 Å². The summed E-state index contributed by atoms with van der Waals surface area (Å²) in [5.41, 5.74) is 3.59. The molecule has 3 heterocycles. The Hall–Kier alpha value is -2.46. The van der Waals surface area contributed by atoms with Crippen LogP contribution in [0, 0.1) is 13.8 Å². The minimum absolute atomic E-state index is 0.788. The molecule has 0 saturated carbocycles. The molecule has 22 heavy (non-hydrogen) atoms. The van der Waals surface area contributed by atoms with Crippen LogP contribution in [0.25, 0.3) is 32.0 Å². The number of benzene rings is 1. The zero-order valence-electron chi connectivity index (χ0n) is 12.3. The largest absolute Gasteiger partial charge is 0.463 e. The molecule has 0 saturated heterocycles. The first kappa shape index (κ1) is 13.2. The predicted molar refractivity (Wildman–Crippen MR) is 90.0 cm³/mol. The lowest BCUT2D eigenvalue weighted by molar-refractivity contribution is 0.584. The van der Waals surface area contributed by atoms with Gasteiger partial charge in [-0.2, -0.15) is 0 Å². The number of furan rings is 1. The van der Waals surface area contributed by atoms with Crippen molar-refractivity contribution in [3.8, 4) is 21.8 Å². The summed E-state index contributed by atoms with van der Waals surface area (Å²) in [5, 5.41) is 1.08. The van der Waals surface area contributed by atoms with E-state index in [-0.39, 0.29) is 0 Å². The number of rotatable bonds is 2. The highest BCUT2D eigenvalue weighted by atomic mass is 32.1. The summed E-state index contributed by atoms with van der Waals surface area (Å²) in [4.78, 5) is 11.1. The monoisotopic (exact) mass is 306 g/mol. The minimum atomic E-state index is 0.788. The summed E-state index contributed by atoms with van der Waals surface area (Å²) in [5.74, 6) is 1.66. The smallest absolute Gasteiger partial charge is 0.144 e. The van der Waals surface area contributed by atoms with Crippen molar-refractivity contribution < 1.29 is 4.42 Å². The highest BCUT2D eigenvalue weighted by Crippen LogP contribution is 2.44. The Labute approximate surface area is 132 Å². The van der Waals surface area contributed by atoms with Gasteiger partial charge in [-0.05, 0) is 37.1 Å². The molecule has 0 aliphatic carbocycles. The molecule has 0 N–H and O–H groups in total. The Morgan fingerprint density at radius 3 is 2.68 bits per heavy atom. The molecule has 0 aliphatic rings. The molecule has 0 spiro atoms. The molecule has 0 bridgehead atoms. The van der Waals surface area contributed by atoms with Gasteiger partial charge in [0.05, 0.1) is 11.1 Å². The highest BCUT2D eigenvalue weighted by molar-refractivity contribution is 7.22. The molecule has 108 valence electrons. The maximum atomic E-state index is 5.64. The molecule has 4 heteroatoms. The van der Waals surface area contributed by atoms with E-state index in [1.54, 1.807) is 17.6 Å². The molecular formula is C18H14N2OS. The van der Waals surface area contributed by atoms with Crippen molar-refractivity contribution >= 4 is 21.6 Å². The van der Waals surface area contributed by atoms with Gasteiger partial charge in [-0.15, -0.1) is 11.3 Å². The van der Waals surface area contributed by atoms with Crippen LogP contribution in [0.3, 0.4) is 0 Å². The standard InChI is InChI=1S/C18H14N2OS/c1-11-6-3-4-7-13(11)16-14-10-19-12(2)20-18(14)22-17(16)15-8-5-9-21-15/h3-10H,1-2H3. The quantitative estimate of drug-likeness (QED) is 0.508. The highest BCUT2D eigenvalue weighted by Gasteiger charge is 2.19. The summed E-state index contributed by atoms with van der Waals surface area (Å²) in [6.45, 7) is 4.04. The molecule has 0 unspecified atom stereocenters. The number of fused-ring (bicyclic) bond motifs is 1. The van der Waals surface area contributed by atoms with Crippen molar-refractivity contribution in [3.63, 3.8) is 0 Å². The zero-order chi connectivity index (χ0) is 15.1. The van der Waals surface area contributed by atoms with E-state index >= 15 is 0 Å². The van der Waals surface area contributed by atoms with Crippen molar-refractivity contribution in [2.75, 3.05) is 0 Å². The molecule has 3 aromatic heterocycles. The topological polar surface area (TPSA) is 38.9 Å². The average molecular weight is 306 g/mol. The average Bonchev–Trinajstić information content (AvgIpc) is 3.14. The van der Waals surface area contributed by atoms with Crippen molar-refractivity contribution in [2.24, 2.45) is 0 Å². The predicted octanol–water partition coefficient (Wildman–Crippen LogP) is 5.24. The fourth-order valence-electron chi connectivity index (χ4n) is 2.67. The van der Waals surface area contributed by atoms with Crippen molar-refractivity contribution in [1.82, 2.24) is 9.97 Å². The second-order valence-corrected chi connectivity index (χ2v) is 6.23. The number of thiophene rings is 1. The van der Waals surface area contributed by atoms with Gasteiger partial charge < -0.3 is 4.42 Å². The van der Waals surface area contributed by atoms with E-state index in [1.165, 1.54) is 11.1 Å². The van der Waals surface area contributed by atoms with Crippen LogP contribution in [0.15, 0.2) is 53.3 Å². The van der Waals surface area contributed by atoms with Crippen LogP contribution in [-0.4, -0.2) is 9.97 Å². The van der Waals surface area contributed by atoms with E-state index in [4.69, 9.17) is 4.42 Å². The van der Waals surface area contributed by atoms with Crippen LogP contribution in [-0.2, 0) is 0 Å². The van der Waals surface area contributed by atoms with Gasteiger partial charge in [0.2, 0.25) is 0 Å². The van der Waals surface area contributed by atoms with E-state index in [0.29, 0.717) is 0 Å². The summed E-state index contributed by atoms with van der Waals surface area (Å²) in [6, 6.07) is 12.3. The first-order valence-electron chi connectivity index (χ1n) is 7.10. The molecular weight excluding hydrogens is 292 g/mol. The molecule has 0 amide bonds. The number of aromatic nitrogens is 2. The van der Waals surface area contributed by atoms with Crippen LogP contribution in [0.2, 0.25) is 0 Å². The molecule has 0 aliphatic heterocycles. The Morgan fingerprint density at radius 1 is 1.05 bits per heavy atom. The summed E-state index contributed by atoms with van der Waals surface area (Å²) in [7, 11) is 0. The van der Waals surface area contributed by atoms with Gasteiger partial charge >= 0.3 is 0 Å². The third-order valence-corrected chi connectivity index (χ3v) is 4.84. The lowest BCUT2D eigenvalue weighted by Gasteiger charge is -2.07. The normalized spacial score (nSPS) is 11.2. The number of hydrogen-bond acceptors (Lipinski definition) is 4. The molecule has 1 aromatic carbocycles. The Balaban J connectivity index is 2.11. The van der Waals surface area contributed by atoms with Gasteiger partial charge in [0.25, 0.3) is 0 Å². The maximum Gasteiger partial charge on any atom is 0.144 e. The van der Waals surface area contributed by atoms with E-state index < -0.39 is 0 Å². The van der Waals surface area contributed by atoms with E-state index in [0.717, 1.165) is 32.2 Å². The van der Waals surface area contributed by atoms with E-state index in [1.807, 2.05) is 25.3 Å². The van der Waals surface area contributed by atoms with Gasteiger partial charge in [0.1, 0.15) is 16.4 Å². The van der Waals surface area contributed by atoms with Gasteiger partial charge in [0, 0.05) is 17.1 Å². The first-order valence-corrected chi connectivity index (χ1v) is 7.91. The SMILES string of the molecule is Cc1ncc2c(-c3ccccc3C)c(-c3ccco3)sc2n1. The molecule has 4 aromatic rings. The van der Waals surface area contributed by atoms with Crippen LogP contribution in [0.1, 0.15) is 11.4 Å². The molecule has 0 radical (unpaired) electrons. The Morgan fingerprint density at radius 2 is 1.91 bits per heavy atom.